The molecule has 7 nitrogen and oxygen atoms in total. The van der Waals surface area contributed by atoms with Crippen molar-refractivity contribution in [3.63, 3.8) is 0 Å². The maximum atomic E-state index is 11.7. The fourth-order valence-electron chi connectivity index (χ4n) is 1.96. The first-order valence-electron chi connectivity index (χ1n) is 6.15. The molecule has 0 bridgehead atoms. The molecule has 7 heteroatoms. The first-order valence-corrected chi connectivity index (χ1v) is 6.15. The van der Waals surface area contributed by atoms with Crippen molar-refractivity contribution in [2.75, 3.05) is 52.0 Å². The molecule has 0 unspecified atom stereocenters. The summed E-state index contributed by atoms with van der Waals surface area (Å²) in [5.74, 6) is -0.195. The summed E-state index contributed by atoms with van der Waals surface area (Å²) in [6.45, 7) is 5.77. The number of piperazine rings is 1. The highest BCUT2D eigenvalue weighted by Crippen LogP contribution is 2.05. The first kappa shape index (κ1) is 12.8. The van der Waals surface area contributed by atoms with E-state index < -0.39 is 0 Å². The van der Waals surface area contributed by atoms with Gasteiger partial charge in [-0.2, -0.15) is 5.10 Å². The number of hydrogen-bond donors (Lipinski definition) is 3. The number of likely N-dealkylation sites (N-methyl/N-ethyl adjacent to an activating group) is 1. The number of nitrogen functional groups attached to an aromatic ring is 1. The minimum Gasteiger partial charge on any atom is -0.396 e. The number of aromatic nitrogens is 2. The molecule has 0 aromatic carbocycles. The Bertz CT molecular complexity index is 396. The minimum absolute atomic E-state index is 0.195. The Morgan fingerprint density at radius 1 is 1.50 bits per heavy atom. The van der Waals surface area contributed by atoms with Crippen molar-refractivity contribution >= 4 is 11.6 Å². The topological polar surface area (TPSA) is 90.3 Å². The number of carbonyl (C=O) groups is 1. The van der Waals surface area contributed by atoms with Gasteiger partial charge in [-0.05, 0) is 7.05 Å². The van der Waals surface area contributed by atoms with Crippen LogP contribution in [0.1, 0.15) is 10.5 Å². The molecule has 1 amide bonds. The number of nitrogens with one attached hydrogen (secondary N) is 2. The lowest BCUT2D eigenvalue weighted by molar-refractivity contribution is 0.0937. The lowest BCUT2D eigenvalue weighted by Crippen LogP contribution is -2.46. The van der Waals surface area contributed by atoms with E-state index in [0.717, 1.165) is 32.7 Å². The van der Waals surface area contributed by atoms with Crippen LogP contribution in [-0.2, 0) is 0 Å². The van der Waals surface area contributed by atoms with Crippen molar-refractivity contribution < 1.29 is 4.79 Å². The second kappa shape index (κ2) is 5.83. The average Bonchev–Trinajstić information content (AvgIpc) is 2.78. The van der Waals surface area contributed by atoms with Gasteiger partial charge >= 0.3 is 0 Å². The van der Waals surface area contributed by atoms with Crippen LogP contribution in [0.3, 0.4) is 0 Å². The van der Waals surface area contributed by atoms with Gasteiger partial charge in [0, 0.05) is 39.3 Å². The second-order valence-electron chi connectivity index (χ2n) is 4.60. The fourth-order valence-corrected chi connectivity index (χ4v) is 1.96. The molecule has 0 radical (unpaired) electrons. The van der Waals surface area contributed by atoms with E-state index in [1.54, 1.807) is 0 Å². The highest BCUT2D eigenvalue weighted by atomic mass is 16.1. The number of aromatic amines is 1. The second-order valence-corrected chi connectivity index (χ2v) is 4.60. The predicted octanol–water partition coefficient (Wildman–Crippen LogP) is -1.03. The van der Waals surface area contributed by atoms with Crippen LogP contribution in [0.15, 0.2) is 6.20 Å². The van der Waals surface area contributed by atoms with Crippen LogP contribution in [0.5, 0.6) is 0 Å². The van der Waals surface area contributed by atoms with Crippen LogP contribution in [-0.4, -0.2) is 72.2 Å². The maximum Gasteiger partial charge on any atom is 0.271 e. The molecule has 2 rings (SSSR count). The smallest absolute Gasteiger partial charge is 0.271 e. The molecule has 1 aliphatic heterocycles. The molecule has 18 heavy (non-hydrogen) atoms. The Morgan fingerprint density at radius 2 is 2.22 bits per heavy atom. The first-order chi connectivity index (χ1) is 8.66. The zero-order valence-electron chi connectivity index (χ0n) is 10.6. The summed E-state index contributed by atoms with van der Waals surface area (Å²) in [4.78, 5) is 16.4. The molecule has 0 spiro atoms. The van der Waals surface area contributed by atoms with Crippen molar-refractivity contribution in [3.8, 4) is 0 Å². The molecule has 1 fully saturated rings. The van der Waals surface area contributed by atoms with E-state index in [1.165, 1.54) is 6.20 Å². The van der Waals surface area contributed by atoms with Gasteiger partial charge in [0.15, 0.2) is 0 Å². The van der Waals surface area contributed by atoms with Crippen molar-refractivity contribution in [1.82, 2.24) is 25.3 Å². The number of hydrogen-bond acceptors (Lipinski definition) is 5. The number of rotatable bonds is 4. The van der Waals surface area contributed by atoms with Crippen molar-refractivity contribution in [3.05, 3.63) is 11.9 Å². The predicted molar refractivity (Wildman–Crippen MR) is 69.3 cm³/mol. The monoisotopic (exact) mass is 252 g/mol. The highest BCUT2D eigenvalue weighted by molar-refractivity contribution is 5.96. The highest BCUT2D eigenvalue weighted by Gasteiger charge is 2.14. The Morgan fingerprint density at radius 3 is 2.83 bits per heavy atom. The summed E-state index contributed by atoms with van der Waals surface area (Å²) < 4.78 is 0. The van der Waals surface area contributed by atoms with Gasteiger partial charge in [-0.1, -0.05) is 0 Å². The van der Waals surface area contributed by atoms with Gasteiger partial charge in [-0.15, -0.1) is 0 Å². The van der Waals surface area contributed by atoms with Crippen LogP contribution in [0.2, 0.25) is 0 Å². The summed E-state index contributed by atoms with van der Waals surface area (Å²) in [7, 11) is 2.13. The number of nitrogens with two attached hydrogens (primary N) is 1. The molecule has 1 aromatic rings. The molecule has 1 aromatic heterocycles. The Hall–Kier alpha value is -1.60. The van der Waals surface area contributed by atoms with Gasteiger partial charge < -0.3 is 16.0 Å². The van der Waals surface area contributed by atoms with Gasteiger partial charge in [0.05, 0.1) is 11.9 Å². The third-order valence-electron chi connectivity index (χ3n) is 3.21. The van der Waals surface area contributed by atoms with Crippen molar-refractivity contribution in [2.45, 2.75) is 0 Å². The normalized spacial score (nSPS) is 17.8. The van der Waals surface area contributed by atoms with Crippen LogP contribution in [0.4, 0.5) is 5.69 Å². The summed E-state index contributed by atoms with van der Waals surface area (Å²) in [5, 5.41) is 9.15. The summed E-state index contributed by atoms with van der Waals surface area (Å²) in [6.07, 6.45) is 1.44. The molecule has 0 atom stereocenters. The number of H-pyrrole nitrogens is 1. The molecule has 0 saturated carbocycles. The molecule has 100 valence electrons. The summed E-state index contributed by atoms with van der Waals surface area (Å²) in [6, 6.07) is 0. The van der Waals surface area contributed by atoms with Crippen LogP contribution >= 0.6 is 0 Å². The third kappa shape index (κ3) is 3.21. The number of carbonyl (C=O) groups excluding carboxylic acids is 1. The third-order valence-corrected chi connectivity index (χ3v) is 3.21. The van der Waals surface area contributed by atoms with E-state index >= 15 is 0 Å². The molecular formula is C11H20N6O. The number of nitrogens with zero attached hydrogens (tertiary/aromatic N) is 3. The van der Waals surface area contributed by atoms with Gasteiger partial charge in [-0.25, -0.2) is 0 Å². The summed E-state index contributed by atoms with van der Waals surface area (Å²) in [5.41, 5.74) is 6.32. The average molecular weight is 252 g/mol. The molecule has 1 aliphatic rings. The van der Waals surface area contributed by atoms with E-state index in [1.807, 2.05) is 0 Å². The molecule has 1 saturated heterocycles. The van der Waals surface area contributed by atoms with Gasteiger partial charge in [0.25, 0.3) is 5.91 Å². The Balaban J connectivity index is 1.69. The zero-order chi connectivity index (χ0) is 13.0. The Kier molecular flexibility index (Phi) is 4.16. The SMILES string of the molecule is CN1CCN(CCNC(=O)c2[nH]ncc2N)CC1. The van der Waals surface area contributed by atoms with Crippen LogP contribution in [0.25, 0.3) is 0 Å². The number of amides is 1. The van der Waals surface area contributed by atoms with Gasteiger partial charge in [0.2, 0.25) is 0 Å². The molecule has 0 aliphatic carbocycles. The lowest BCUT2D eigenvalue weighted by atomic mass is 10.3. The minimum atomic E-state index is -0.195. The standard InChI is InChI=1S/C11H20N6O/c1-16-4-6-17(7-5-16)3-2-13-11(18)10-9(12)8-14-15-10/h8H,2-7,12H2,1H3,(H,13,18)(H,14,15). The lowest BCUT2D eigenvalue weighted by Gasteiger charge is -2.32. The van der Waals surface area contributed by atoms with Gasteiger partial charge in [-0.3, -0.25) is 14.8 Å². The van der Waals surface area contributed by atoms with Crippen molar-refractivity contribution in [1.29, 1.82) is 0 Å². The summed E-state index contributed by atoms with van der Waals surface area (Å²) >= 11 is 0. The molecule has 4 N–H and O–H groups in total. The maximum absolute atomic E-state index is 11.7. The van der Waals surface area contributed by atoms with Crippen LogP contribution in [0, 0.1) is 0 Å². The van der Waals surface area contributed by atoms with E-state index in [0.29, 0.717) is 17.9 Å². The van der Waals surface area contributed by atoms with E-state index in [2.05, 4.69) is 32.4 Å². The Labute approximate surface area is 106 Å². The largest absolute Gasteiger partial charge is 0.396 e. The van der Waals surface area contributed by atoms with Crippen LogP contribution < -0.4 is 11.1 Å². The van der Waals surface area contributed by atoms with Crippen molar-refractivity contribution in [2.24, 2.45) is 0 Å². The van der Waals surface area contributed by atoms with E-state index in [4.69, 9.17) is 5.73 Å². The van der Waals surface area contributed by atoms with E-state index in [-0.39, 0.29) is 5.91 Å². The number of anilines is 1. The molecule has 2 heterocycles. The quantitative estimate of drug-likeness (QED) is 0.637. The fraction of sp³-hybridized carbons (Fsp3) is 0.636. The molecular weight excluding hydrogens is 232 g/mol. The van der Waals surface area contributed by atoms with E-state index in [9.17, 15) is 4.79 Å². The zero-order valence-corrected chi connectivity index (χ0v) is 10.6. The van der Waals surface area contributed by atoms with Gasteiger partial charge in [0.1, 0.15) is 5.69 Å².